The predicted molar refractivity (Wildman–Crippen MR) is 465 cm³/mol. The number of unbranched alkanes of at least 4 members (excludes halogenated alkanes) is 62. The van der Waals surface area contributed by atoms with Crippen LogP contribution in [0.4, 0.5) is 0 Å². The smallest absolute Gasteiger partial charge is 0.462 e. The largest absolute Gasteiger partial charge is 0.472 e. The summed E-state index contributed by atoms with van der Waals surface area (Å²) >= 11 is 0. The molecule has 112 heavy (non-hydrogen) atoms. The summed E-state index contributed by atoms with van der Waals surface area (Å²) in [6.07, 6.45) is 79.2. The molecule has 0 bridgehead atoms. The number of carbonyl (C=O) groups excluding carboxylic acids is 4. The molecule has 2 unspecified atom stereocenters. The quantitative estimate of drug-likeness (QED) is 0.0222. The molecule has 0 heterocycles. The summed E-state index contributed by atoms with van der Waals surface area (Å²) in [5, 5.41) is 10.7. The van der Waals surface area contributed by atoms with Gasteiger partial charge in [-0.1, -0.05) is 452 Å². The normalized spacial score (nSPS) is 13.7. The molecule has 0 aliphatic rings. The maximum absolute atomic E-state index is 13.2. The third-order valence-corrected chi connectivity index (χ3v) is 23.9. The summed E-state index contributed by atoms with van der Waals surface area (Å²) in [4.78, 5) is 73.5. The molecule has 0 saturated heterocycles. The van der Waals surface area contributed by atoms with Crippen LogP contribution in [0.25, 0.3) is 0 Å². The maximum atomic E-state index is 13.2. The van der Waals surface area contributed by atoms with E-state index in [4.69, 9.17) is 37.0 Å². The first-order chi connectivity index (χ1) is 54.4. The number of aliphatic hydroxyl groups is 1. The molecule has 19 heteroatoms. The van der Waals surface area contributed by atoms with Crippen molar-refractivity contribution in [3.63, 3.8) is 0 Å². The number of aliphatic hydroxyl groups excluding tert-OH is 1. The number of esters is 4. The lowest BCUT2D eigenvalue weighted by molar-refractivity contribution is -0.161. The van der Waals surface area contributed by atoms with Crippen molar-refractivity contribution in [2.75, 3.05) is 39.6 Å². The molecule has 0 aliphatic heterocycles. The Labute approximate surface area is 689 Å². The van der Waals surface area contributed by atoms with Gasteiger partial charge in [0.15, 0.2) is 12.2 Å². The van der Waals surface area contributed by atoms with E-state index in [0.717, 1.165) is 102 Å². The third kappa shape index (κ3) is 85.9. The Morgan fingerprint density at radius 3 is 0.607 bits per heavy atom. The van der Waals surface area contributed by atoms with Crippen molar-refractivity contribution in [2.24, 2.45) is 11.8 Å². The Morgan fingerprint density at radius 1 is 0.241 bits per heavy atom. The Bertz CT molecular complexity index is 2130. The molecule has 0 radical (unpaired) electrons. The lowest BCUT2D eigenvalue weighted by Gasteiger charge is -2.21. The van der Waals surface area contributed by atoms with Gasteiger partial charge in [0.2, 0.25) is 0 Å². The zero-order valence-corrected chi connectivity index (χ0v) is 75.8. The molecule has 0 amide bonds. The first kappa shape index (κ1) is 110. The van der Waals surface area contributed by atoms with E-state index in [9.17, 15) is 43.2 Å². The zero-order valence-electron chi connectivity index (χ0n) is 74.0. The first-order valence-corrected chi connectivity index (χ1v) is 51.0. The van der Waals surface area contributed by atoms with E-state index in [2.05, 4.69) is 41.5 Å². The van der Waals surface area contributed by atoms with Gasteiger partial charge < -0.3 is 33.8 Å². The molecule has 0 aromatic heterocycles. The predicted octanol–water partition coefficient (Wildman–Crippen LogP) is 29.0. The van der Waals surface area contributed by atoms with E-state index in [1.807, 2.05) is 0 Å². The van der Waals surface area contributed by atoms with Gasteiger partial charge in [-0.2, -0.15) is 0 Å². The van der Waals surface area contributed by atoms with Crippen LogP contribution in [0, 0.1) is 11.8 Å². The highest BCUT2D eigenvalue weighted by atomic mass is 31.2. The molecule has 17 nitrogen and oxygen atoms in total. The maximum Gasteiger partial charge on any atom is 0.472 e. The highest BCUT2D eigenvalue weighted by Crippen LogP contribution is 2.45. The fourth-order valence-corrected chi connectivity index (χ4v) is 16.2. The van der Waals surface area contributed by atoms with Crippen LogP contribution >= 0.6 is 15.6 Å². The van der Waals surface area contributed by atoms with Crippen LogP contribution in [0.3, 0.4) is 0 Å². The second-order valence-corrected chi connectivity index (χ2v) is 37.3. The topological polar surface area (TPSA) is 237 Å². The van der Waals surface area contributed by atoms with E-state index in [1.165, 1.54) is 321 Å². The van der Waals surface area contributed by atoms with Crippen LogP contribution in [0.1, 0.15) is 504 Å². The molecule has 3 N–H and O–H groups in total. The average Bonchev–Trinajstić information content (AvgIpc) is 0.898. The summed E-state index contributed by atoms with van der Waals surface area (Å²) < 4.78 is 69.2. The minimum atomic E-state index is -4.97. The molecule has 0 aromatic rings. The summed E-state index contributed by atoms with van der Waals surface area (Å²) in [5.41, 5.74) is 0. The standard InChI is InChI=1S/C93H182O17P2/c1-7-9-11-13-15-17-19-21-22-23-24-25-26-27-35-41-47-53-59-65-71-77-92(97)110-89(82-104-91(96)76-70-64-58-52-46-40-34-30-28-32-38-43-49-55-61-67-73-85(3)4)84-108-112(101,102)106-80-87(94)79-105-111(99,100)107-83-88(81-103-90(95)75-69-63-57-51-45-37-20-18-16-14-12-10-8-2)109-93(98)78-72-66-60-54-48-42-36-31-29-33-39-44-50-56-62-68-74-86(5)6/h85-89,94H,7-84H2,1-6H3,(H,99,100)(H,101,102)/t87-,88+,89+/m0/s1. The molecule has 0 aliphatic carbocycles. The Morgan fingerprint density at radius 2 is 0.411 bits per heavy atom. The molecule has 0 saturated carbocycles. The van der Waals surface area contributed by atoms with E-state index >= 15 is 0 Å². The van der Waals surface area contributed by atoms with Crippen molar-refractivity contribution in [1.82, 2.24) is 0 Å². The zero-order chi connectivity index (χ0) is 82.0. The van der Waals surface area contributed by atoms with Crippen LogP contribution < -0.4 is 0 Å². The van der Waals surface area contributed by atoms with Gasteiger partial charge in [0, 0.05) is 25.7 Å². The van der Waals surface area contributed by atoms with Crippen LogP contribution in [0.5, 0.6) is 0 Å². The van der Waals surface area contributed by atoms with Gasteiger partial charge in [0.25, 0.3) is 0 Å². The van der Waals surface area contributed by atoms with Gasteiger partial charge in [0.05, 0.1) is 26.4 Å². The van der Waals surface area contributed by atoms with Crippen molar-refractivity contribution in [1.29, 1.82) is 0 Å². The summed E-state index contributed by atoms with van der Waals surface area (Å²) in [7, 11) is -9.94. The lowest BCUT2D eigenvalue weighted by Crippen LogP contribution is -2.30. The number of rotatable bonds is 92. The van der Waals surface area contributed by atoms with Gasteiger partial charge in [0.1, 0.15) is 19.3 Å². The highest BCUT2D eigenvalue weighted by molar-refractivity contribution is 7.47. The molecule has 0 fully saturated rings. The van der Waals surface area contributed by atoms with Crippen LogP contribution in [0.2, 0.25) is 0 Å². The molecule has 0 rings (SSSR count). The van der Waals surface area contributed by atoms with Gasteiger partial charge >= 0.3 is 39.5 Å². The number of phosphoric ester groups is 2. The summed E-state index contributed by atoms with van der Waals surface area (Å²) in [6, 6.07) is 0. The van der Waals surface area contributed by atoms with Crippen molar-refractivity contribution in [3.8, 4) is 0 Å². The molecular formula is C93H182O17P2. The van der Waals surface area contributed by atoms with Gasteiger partial charge in [-0.15, -0.1) is 0 Å². The molecule has 0 aromatic carbocycles. The van der Waals surface area contributed by atoms with E-state index < -0.39 is 97.5 Å². The Hall–Kier alpha value is -1.94. The fraction of sp³-hybridized carbons (Fsp3) is 0.957. The lowest BCUT2D eigenvalue weighted by atomic mass is 10.0. The van der Waals surface area contributed by atoms with E-state index in [-0.39, 0.29) is 25.7 Å². The minimum Gasteiger partial charge on any atom is -0.462 e. The Balaban J connectivity index is 5.26. The number of phosphoric acid groups is 2. The highest BCUT2D eigenvalue weighted by Gasteiger charge is 2.31. The first-order valence-electron chi connectivity index (χ1n) is 48.0. The van der Waals surface area contributed by atoms with Crippen molar-refractivity contribution >= 4 is 39.5 Å². The number of ether oxygens (including phenoxy) is 4. The summed E-state index contributed by atoms with van der Waals surface area (Å²) in [6.45, 7) is 9.78. The molecule has 666 valence electrons. The van der Waals surface area contributed by atoms with Gasteiger partial charge in [-0.25, -0.2) is 9.13 Å². The average molecular weight is 1630 g/mol. The van der Waals surface area contributed by atoms with E-state index in [0.29, 0.717) is 25.7 Å². The van der Waals surface area contributed by atoms with Crippen molar-refractivity contribution in [3.05, 3.63) is 0 Å². The second kappa shape index (κ2) is 84.1. The van der Waals surface area contributed by atoms with E-state index in [1.54, 1.807) is 0 Å². The van der Waals surface area contributed by atoms with Crippen LogP contribution in [0.15, 0.2) is 0 Å². The van der Waals surface area contributed by atoms with Gasteiger partial charge in [-0.3, -0.25) is 37.3 Å². The van der Waals surface area contributed by atoms with Crippen molar-refractivity contribution < 1.29 is 80.2 Å². The SMILES string of the molecule is CCCCCCCCCCCCCCCCCCCCCCCC(=O)O[C@H](COC(=O)CCCCCCCCCCCCCCCCCCC(C)C)COP(=O)(O)OC[C@@H](O)COP(=O)(O)OC[C@@H](COC(=O)CCCCCCCCCCCCCCC)OC(=O)CCCCCCCCCCCCCCCCCCC(C)C. The fourth-order valence-electron chi connectivity index (χ4n) is 14.7. The Kier molecular flexibility index (Phi) is 82.6. The number of hydrogen-bond acceptors (Lipinski definition) is 15. The number of hydrogen-bond donors (Lipinski definition) is 3. The minimum absolute atomic E-state index is 0.109. The van der Waals surface area contributed by atoms with Crippen molar-refractivity contribution in [2.45, 2.75) is 522 Å². The number of carbonyl (C=O) groups is 4. The second-order valence-electron chi connectivity index (χ2n) is 34.4. The monoisotopic (exact) mass is 1630 g/mol. The molecule has 0 spiro atoms. The van der Waals surface area contributed by atoms with Crippen LogP contribution in [-0.4, -0.2) is 96.7 Å². The van der Waals surface area contributed by atoms with Crippen LogP contribution in [-0.2, 0) is 65.4 Å². The molecular weight excluding hydrogens is 1450 g/mol. The van der Waals surface area contributed by atoms with Gasteiger partial charge in [-0.05, 0) is 37.5 Å². The molecule has 5 atom stereocenters. The summed E-state index contributed by atoms with van der Waals surface area (Å²) in [5.74, 6) is -0.469. The third-order valence-electron chi connectivity index (χ3n) is 22.0.